The average Bonchev–Trinajstić information content (AvgIpc) is 3.13. The number of benzene rings is 2. The van der Waals surface area contributed by atoms with Crippen LogP contribution in [0.25, 0.3) is 0 Å². The van der Waals surface area contributed by atoms with E-state index in [0.29, 0.717) is 34.4 Å². The Balaban J connectivity index is 1.50. The van der Waals surface area contributed by atoms with Gasteiger partial charge < -0.3 is 5.11 Å². The number of ketones is 2. The van der Waals surface area contributed by atoms with Crippen LogP contribution in [0.15, 0.2) is 75.8 Å². The van der Waals surface area contributed by atoms with Gasteiger partial charge in [-0.25, -0.2) is 0 Å². The van der Waals surface area contributed by atoms with Crippen molar-refractivity contribution in [2.75, 3.05) is 4.90 Å². The Labute approximate surface area is 235 Å². The normalized spacial score (nSPS) is 27.1. The lowest BCUT2D eigenvalue weighted by Crippen LogP contribution is -2.39. The number of carbonyl (C=O) groups excluding carboxylic acids is 4. The van der Waals surface area contributed by atoms with Crippen LogP contribution in [0.3, 0.4) is 0 Å². The highest BCUT2D eigenvalue weighted by atomic mass is 127. The lowest BCUT2D eigenvalue weighted by Gasteiger charge is -2.42. The zero-order valence-corrected chi connectivity index (χ0v) is 23.4. The number of hydrogen-bond donors (Lipinski definition) is 1. The number of fused-ring (bicyclic) bond motifs is 3. The van der Waals surface area contributed by atoms with Gasteiger partial charge in [-0.2, -0.15) is 0 Å². The van der Waals surface area contributed by atoms with Crippen molar-refractivity contribution >= 4 is 67.6 Å². The Kier molecular flexibility index (Phi) is 5.87. The van der Waals surface area contributed by atoms with E-state index in [2.05, 4.69) is 38.5 Å². The molecule has 1 saturated heterocycles. The molecule has 2 aromatic rings. The molecule has 186 valence electrons. The summed E-state index contributed by atoms with van der Waals surface area (Å²) in [6.45, 7) is 1.78. The number of amides is 2. The number of para-hydroxylation sites is 1. The SMILES string of the molecule is Cc1cccc(C2C3=CCC4C(=O)N(c5ccc(I)cc5)C(=O)C4C3CC3=C2C(=O)C=C(Br)C3=O)c1O. The van der Waals surface area contributed by atoms with E-state index >= 15 is 0 Å². The van der Waals surface area contributed by atoms with Gasteiger partial charge in [-0.1, -0.05) is 29.8 Å². The van der Waals surface area contributed by atoms with Crippen LogP contribution in [0.2, 0.25) is 0 Å². The highest BCUT2D eigenvalue weighted by Gasteiger charge is 2.56. The van der Waals surface area contributed by atoms with Gasteiger partial charge in [-0.3, -0.25) is 24.1 Å². The predicted octanol–water partition coefficient (Wildman–Crippen LogP) is 5.27. The highest BCUT2D eigenvalue weighted by Crippen LogP contribution is 2.56. The number of imide groups is 1. The lowest BCUT2D eigenvalue weighted by atomic mass is 9.59. The zero-order valence-electron chi connectivity index (χ0n) is 19.7. The number of phenolic OH excluding ortho intramolecular Hbond substituents is 1. The standard InChI is InChI=1S/C29H21BrINO5/c1-13-3-2-4-17(26(13)34)23-16-9-10-18-24(19(16)11-20-25(23)22(33)12-21(30)27(20)35)29(37)32(28(18)36)15-7-5-14(31)6-8-15/h2-9,12,18-19,23-24,34H,10-11H2,1H3. The van der Waals surface area contributed by atoms with Gasteiger partial charge in [0.25, 0.3) is 0 Å². The summed E-state index contributed by atoms with van der Waals surface area (Å²) in [7, 11) is 0. The molecule has 0 spiro atoms. The summed E-state index contributed by atoms with van der Waals surface area (Å²) in [4.78, 5) is 55.2. The summed E-state index contributed by atoms with van der Waals surface area (Å²) in [6, 6.07) is 12.6. The van der Waals surface area contributed by atoms with Crippen molar-refractivity contribution in [3.8, 4) is 5.75 Å². The minimum absolute atomic E-state index is 0.0613. The van der Waals surface area contributed by atoms with Crippen LogP contribution in [0.4, 0.5) is 5.69 Å². The number of hydrogen-bond acceptors (Lipinski definition) is 5. The van der Waals surface area contributed by atoms with Crippen LogP contribution in [0.5, 0.6) is 5.75 Å². The predicted molar refractivity (Wildman–Crippen MR) is 149 cm³/mol. The maximum absolute atomic E-state index is 13.9. The molecule has 0 aromatic heterocycles. The number of halogens is 2. The second-order valence-electron chi connectivity index (χ2n) is 9.89. The minimum Gasteiger partial charge on any atom is -0.507 e. The Morgan fingerprint density at radius 2 is 1.73 bits per heavy atom. The zero-order chi connectivity index (χ0) is 26.2. The second kappa shape index (κ2) is 8.87. The van der Waals surface area contributed by atoms with Gasteiger partial charge in [0.05, 0.1) is 22.0 Å². The fraction of sp³-hybridized carbons (Fsp3) is 0.241. The van der Waals surface area contributed by atoms with Gasteiger partial charge in [0.2, 0.25) is 11.8 Å². The molecule has 2 aromatic carbocycles. The van der Waals surface area contributed by atoms with E-state index in [4.69, 9.17) is 0 Å². The number of aromatic hydroxyl groups is 1. The molecule has 1 aliphatic heterocycles. The number of phenols is 1. The van der Waals surface area contributed by atoms with Crippen LogP contribution in [-0.4, -0.2) is 28.5 Å². The molecule has 0 bridgehead atoms. The summed E-state index contributed by atoms with van der Waals surface area (Å²) in [5, 5.41) is 11.0. The number of aryl methyl sites for hydroxylation is 1. The van der Waals surface area contributed by atoms with Gasteiger partial charge in [-0.15, -0.1) is 0 Å². The summed E-state index contributed by atoms with van der Waals surface area (Å²) < 4.78 is 1.17. The van der Waals surface area contributed by atoms with Gasteiger partial charge in [-0.05, 0) is 94.0 Å². The summed E-state index contributed by atoms with van der Waals surface area (Å²) >= 11 is 5.41. The summed E-state index contributed by atoms with van der Waals surface area (Å²) in [5.74, 6) is -3.35. The van der Waals surface area contributed by atoms with Crippen LogP contribution < -0.4 is 4.90 Å². The number of nitrogens with zero attached hydrogens (tertiary/aromatic N) is 1. The molecular formula is C29H21BrINO5. The van der Waals surface area contributed by atoms with Crippen molar-refractivity contribution in [2.45, 2.75) is 25.7 Å². The number of rotatable bonds is 2. The number of Topliss-reactive ketones (excluding diaryl/α,β-unsaturated/α-hetero) is 1. The Hall–Kier alpha value is -2.85. The monoisotopic (exact) mass is 669 g/mol. The van der Waals surface area contributed by atoms with E-state index in [1.165, 1.54) is 11.0 Å². The van der Waals surface area contributed by atoms with Crippen molar-refractivity contribution in [3.05, 3.63) is 90.5 Å². The fourth-order valence-electron chi connectivity index (χ4n) is 6.32. The first kappa shape index (κ1) is 24.5. The third kappa shape index (κ3) is 3.63. The smallest absolute Gasteiger partial charge is 0.238 e. The Morgan fingerprint density at radius 1 is 1.00 bits per heavy atom. The van der Waals surface area contributed by atoms with Gasteiger partial charge >= 0.3 is 0 Å². The molecule has 2 amide bonds. The largest absolute Gasteiger partial charge is 0.507 e. The molecule has 1 heterocycles. The lowest BCUT2D eigenvalue weighted by molar-refractivity contribution is -0.123. The molecule has 4 atom stereocenters. The van der Waals surface area contributed by atoms with E-state index in [-0.39, 0.29) is 40.0 Å². The molecule has 8 heteroatoms. The molecule has 6 rings (SSSR count). The molecule has 6 nitrogen and oxygen atoms in total. The van der Waals surface area contributed by atoms with Crippen LogP contribution in [-0.2, 0) is 19.2 Å². The molecule has 1 N–H and O–H groups in total. The summed E-state index contributed by atoms with van der Waals surface area (Å²) in [5.41, 5.74) is 3.23. The maximum Gasteiger partial charge on any atom is 0.238 e. The van der Waals surface area contributed by atoms with Gasteiger partial charge in [0.1, 0.15) is 5.75 Å². The Bertz CT molecular complexity index is 1520. The number of allylic oxidation sites excluding steroid dienone is 6. The first-order valence-corrected chi connectivity index (χ1v) is 13.9. The maximum atomic E-state index is 13.9. The molecule has 1 fully saturated rings. The Morgan fingerprint density at radius 3 is 2.46 bits per heavy atom. The molecule has 0 saturated carbocycles. The van der Waals surface area contributed by atoms with E-state index < -0.39 is 23.7 Å². The van der Waals surface area contributed by atoms with Crippen molar-refractivity contribution < 1.29 is 24.3 Å². The van der Waals surface area contributed by atoms with Gasteiger partial charge in [0, 0.05) is 32.3 Å². The number of anilines is 1. The van der Waals surface area contributed by atoms with E-state index in [9.17, 15) is 24.3 Å². The topological polar surface area (TPSA) is 91.8 Å². The van der Waals surface area contributed by atoms with E-state index in [1.807, 2.05) is 24.3 Å². The van der Waals surface area contributed by atoms with Gasteiger partial charge in [0.15, 0.2) is 11.6 Å². The average molecular weight is 670 g/mol. The minimum atomic E-state index is -0.668. The number of carbonyl (C=O) groups is 4. The molecule has 4 aliphatic rings. The first-order valence-electron chi connectivity index (χ1n) is 12.0. The van der Waals surface area contributed by atoms with Crippen molar-refractivity contribution in [1.82, 2.24) is 0 Å². The van der Waals surface area contributed by atoms with Crippen molar-refractivity contribution in [1.29, 1.82) is 0 Å². The van der Waals surface area contributed by atoms with E-state index in [1.54, 1.807) is 31.2 Å². The van der Waals surface area contributed by atoms with Crippen molar-refractivity contribution in [2.24, 2.45) is 17.8 Å². The quantitative estimate of drug-likeness (QED) is 0.204. The fourth-order valence-corrected chi connectivity index (χ4v) is 7.13. The third-order valence-corrected chi connectivity index (χ3v) is 9.30. The second-order valence-corrected chi connectivity index (χ2v) is 12.0. The van der Waals surface area contributed by atoms with Crippen LogP contribution in [0, 0.1) is 28.2 Å². The van der Waals surface area contributed by atoms with Crippen LogP contribution in [0.1, 0.15) is 29.9 Å². The molecular weight excluding hydrogens is 649 g/mol. The molecule has 4 unspecified atom stereocenters. The summed E-state index contributed by atoms with van der Waals surface area (Å²) in [6.07, 6.45) is 3.79. The molecule has 3 aliphatic carbocycles. The van der Waals surface area contributed by atoms with E-state index in [0.717, 1.165) is 9.14 Å². The molecule has 37 heavy (non-hydrogen) atoms. The van der Waals surface area contributed by atoms with Crippen LogP contribution >= 0.6 is 38.5 Å². The van der Waals surface area contributed by atoms with Crippen molar-refractivity contribution in [3.63, 3.8) is 0 Å². The highest BCUT2D eigenvalue weighted by molar-refractivity contribution is 14.1. The first-order chi connectivity index (χ1) is 17.7. The third-order valence-electron chi connectivity index (χ3n) is 8.00. The molecule has 0 radical (unpaired) electrons.